The quantitative estimate of drug-likeness (QED) is 0.780. The zero-order valence-corrected chi connectivity index (χ0v) is 13.2. The Morgan fingerprint density at radius 3 is 2.33 bits per heavy atom. The highest BCUT2D eigenvalue weighted by Gasteiger charge is 2.13. The van der Waals surface area contributed by atoms with Crippen LogP contribution in [0.1, 0.15) is 25.8 Å². The first-order chi connectivity index (χ1) is 8.45. The second-order valence-electron chi connectivity index (χ2n) is 4.66. The second kappa shape index (κ2) is 7.26. The van der Waals surface area contributed by atoms with E-state index in [9.17, 15) is 8.42 Å². The maximum Gasteiger partial charge on any atom is 0.240 e. The van der Waals surface area contributed by atoms with Gasteiger partial charge in [-0.2, -0.15) is 0 Å². The smallest absolute Gasteiger partial charge is 0.211 e. The number of aryl methyl sites for hydroxylation is 1. The van der Waals surface area contributed by atoms with Crippen LogP contribution in [0.2, 0.25) is 0 Å². The van der Waals surface area contributed by atoms with Gasteiger partial charge in [0.05, 0.1) is 4.90 Å². The molecule has 0 bridgehead atoms. The van der Waals surface area contributed by atoms with Crippen molar-refractivity contribution < 1.29 is 8.42 Å². The van der Waals surface area contributed by atoms with E-state index in [1.165, 1.54) is 0 Å². The summed E-state index contributed by atoms with van der Waals surface area (Å²) in [6.07, 6.45) is 1.75. The van der Waals surface area contributed by atoms with Crippen LogP contribution < -0.4 is 4.72 Å². The van der Waals surface area contributed by atoms with Crippen molar-refractivity contribution in [2.75, 3.05) is 11.9 Å². The Labute approximate surface area is 118 Å². The molecule has 5 heteroatoms. The monoisotopic (exact) mass is 333 g/mol. The fourth-order valence-corrected chi connectivity index (χ4v) is 3.02. The average molecular weight is 334 g/mol. The molecule has 0 unspecified atom stereocenters. The molecule has 1 rings (SSSR count). The molecule has 0 aliphatic rings. The summed E-state index contributed by atoms with van der Waals surface area (Å²) in [7, 11) is -3.35. The standard InChI is InChI=1S/C13H20BrNO2S/c1-11(2)8-10-15-18(16,17)13-5-3-12(4-6-13)7-9-14/h3-6,11,15H,7-10H2,1-2H3. The molecule has 3 nitrogen and oxygen atoms in total. The summed E-state index contributed by atoms with van der Waals surface area (Å²) in [5, 5.41) is 0.881. The minimum Gasteiger partial charge on any atom is -0.211 e. The number of nitrogens with one attached hydrogen (secondary N) is 1. The normalized spacial score (nSPS) is 12.0. The molecule has 18 heavy (non-hydrogen) atoms. The number of hydrogen-bond donors (Lipinski definition) is 1. The SMILES string of the molecule is CC(C)CCNS(=O)(=O)c1ccc(CCBr)cc1. The summed E-state index contributed by atoms with van der Waals surface area (Å²) < 4.78 is 26.5. The predicted octanol–water partition coefficient (Wildman–Crippen LogP) is 2.95. The summed E-state index contributed by atoms with van der Waals surface area (Å²) in [6.45, 7) is 4.63. The Balaban J connectivity index is 2.67. The molecule has 0 heterocycles. The Bertz CT molecular complexity index is 454. The maximum absolute atomic E-state index is 12.0. The van der Waals surface area contributed by atoms with Crippen molar-refractivity contribution in [1.82, 2.24) is 4.72 Å². The van der Waals surface area contributed by atoms with Gasteiger partial charge in [0.2, 0.25) is 10.0 Å². The van der Waals surface area contributed by atoms with Gasteiger partial charge in [-0.3, -0.25) is 0 Å². The third-order valence-corrected chi connectivity index (χ3v) is 4.50. The van der Waals surface area contributed by atoms with Crippen LogP contribution in [-0.2, 0) is 16.4 Å². The lowest BCUT2D eigenvalue weighted by Crippen LogP contribution is -2.25. The van der Waals surface area contributed by atoms with Crippen molar-refractivity contribution in [2.24, 2.45) is 5.92 Å². The molecular weight excluding hydrogens is 314 g/mol. The van der Waals surface area contributed by atoms with Gasteiger partial charge in [-0.1, -0.05) is 41.9 Å². The van der Waals surface area contributed by atoms with Crippen LogP contribution in [0, 0.1) is 5.92 Å². The molecule has 0 amide bonds. The topological polar surface area (TPSA) is 46.2 Å². The summed E-state index contributed by atoms with van der Waals surface area (Å²) in [5.74, 6) is 0.494. The third kappa shape index (κ3) is 5.08. The summed E-state index contributed by atoms with van der Waals surface area (Å²) >= 11 is 3.36. The molecule has 0 saturated heterocycles. The van der Waals surface area contributed by atoms with Crippen molar-refractivity contribution in [3.8, 4) is 0 Å². The van der Waals surface area contributed by atoms with E-state index in [2.05, 4.69) is 34.5 Å². The zero-order valence-electron chi connectivity index (χ0n) is 10.8. The summed E-state index contributed by atoms with van der Waals surface area (Å²) in [6, 6.07) is 7.04. The Morgan fingerprint density at radius 2 is 1.83 bits per heavy atom. The highest BCUT2D eigenvalue weighted by atomic mass is 79.9. The van der Waals surface area contributed by atoms with Crippen LogP contribution in [0.3, 0.4) is 0 Å². The van der Waals surface area contributed by atoms with E-state index in [-0.39, 0.29) is 0 Å². The molecule has 0 aromatic heterocycles. The minimum absolute atomic E-state index is 0.338. The fourth-order valence-electron chi connectivity index (χ4n) is 1.51. The van der Waals surface area contributed by atoms with Crippen molar-refractivity contribution >= 4 is 26.0 Å². The average Bonchev–Trinajstić information content (AvgIpc) is 2.29. The molecule has 1 N–H and O–H groups in total. The number of hydrogen-bond acceptors (Lipinski definition) is 2. The zero-order chi connectivity index (χ0) is 13.6. The lowest BCUT2D eigenvalue weighted by Gasteiger charge is -2.08. The fraction of sp³-hybridized carbons (Fsp3) is 0.538. The predicted molar refractivity (Wildman–Crippen MR) is 78.6 cm³/mol. The van der Waals surface area contributed by atoms with Gasteiger partial charge < -0.3 is 0 Å². The molecule has 0 aliphatic carbocycles. The Kier molecular flexibility index (Phi) is 6.32. The number of halogens is 1. The van der Waals surface area contributed by atoms with E-state index in [0.29, 0.717) is 17.4 Å². The summed E-state index contributed by atoms with van der Waals surface area (Å²) in [5.41, 5.74) is 1.13. The van der Waals surface area contributed by atoms with Gasteiger partial charge in [0, 0.05) is 11.9 Å². The van der Waals surface area contributed by atoms with E-state index < -0.39 is 10.0 Å². The molecule has 1 aromatic carbocycles. The largest absolute Gasteiger partial charge is 0.240 e. The first-order valence-electron chi connectivity index (χ1n) is 6.10. The summed E-state index contributed by atoms with van der Waals surface area (Å²) in [4.78, 5) is 0.338. The molecule has 0 fully saturated rings. The van der Waals surface area contributed by atoms with Crippen LogP contribution in [0.5, 0.6) is 0 Å². The van der Waals surface area contributed by atoms with Crippen molar-refractivity contribution in [2.45, 2.75) is 31.6 Å². The highest BCUT2D eigenvalue weighted by Crippen LogP contribution is 2.12. The molecule has 0 aliphatic heterocycles. The van der Waals surface area contributed by atoms with E-state index in [1.54, 1.807) is 12.1 Å². The molecule has 102 valence electrons. The van der Waals surface area contributed by atoms with Gasteiger partial charge in [-0.05, 0) is 36.5 Å². The van der Waals surface area contributed by atoms with Crippen molar-refractivity contribution in [3.05, 3.63) is 29.8 Å². The minimum atomic E-state index is -3.35. The Morgan fingerprint density at radius 1 is 1.22 bits per heavy atom. The molecule has 0 spiro atoms. The van der Waals surface area contributed by atoms with E-state index in [0.717, 1.165) is 23.7 Å². The van der Waals surface area contributed by atoms with Crippen LogP contribution in [-0.4, -0.2) is 20.3 Å². The second-order valence-corrected chi connectivity index (χ2v) is 7.22. The van der Waals surface area contributed by atoms with Crippen molar-refractivity contribution in [3.63, 3.8) is 0 Å². The lowest BCUT2D eigenvalue weighted by molar-refractivity contribution is 0.551. The molecule has 0 radical (unpaired) electrons. The first kappa shape index (κ1) is 15.7. The number of sulfonamides is 1. The molecule has 0 saturated carbocycles. The van der Waals surface area contributed by atoms with Crippen LogP contribution in [0.25, 0.3) is 0 Å². The van der Waals surface area contributed by atoms with Gasteiger partial charge in [0.1, 0.15) is 0 Å². The third-order valence-electron chi connectivity index (χ3n) is 2.63. The van der Waals surface area contributed by atoms with Crippen molar-refractivity contribution in [1.29, 1.82) is 0 Å². The van der Waals surface area contributed by atoms with Crippen LogP contribution in [0.15, 0.2) is 29.2 Å². The number of alkyl halides is 1. The van der Waals surface area contributed by atoms with Gasteiger partial charge in [0.15, 0.2) is 0 Å². The van der Waals surface area contributed by atoms with E-state index in [1.807, 2.05) is 12.1 Å². The lowest BCUT2D eigenvalue weighted by atomic mass is 10.1. The van der Waals surface area contributed by atoms with Crippen LogP contribution in [0.4, 0.5) is 0 Å². The highest BCUT2D eigenvalue weighted by molar-refractivity contribution is 9.09. The molecular formula is C13H20BrNO2S. The van der Waals surface area contributed by atoms with Gasteiger partial charge in [0.25, 0.3) is 0 Å². The van der Waals surface area contributed by atoms with Gasteiger partial charge in [-0.15, -0.1) is 0 Å². The van der Waals surface area contributed by atoms with E-state index in [4.69, 9.17) is 0 Å². The van der Waals surface area contributed by atoms with Crippen LogP contribution >= 0.6 is 15.9 Å². The van der Waals surface area contributed by atoms with Gasteiger partial charge in [-0.25, -0.2) is 13.1 Å². The Hall–Kier alpha value is -0.390. The van der Waals surface area contributed by atoms with Gasteiger partial charge >= 0.3 is 0 Å². The maximum atomic E-state index is 12.0. The molecule has 1 aromatic rings. The first-order valence-corrected chi connectivity index (χ1v) is 8.70. The van der Waals surface area contributed by atoms with E-state index >= 15 is 0 Å². The number of benzene rings is 1. The molecule has 0 atom stereocenters. The number of rotatable bonds is 7.